The van der Waals surface area contributed by atoms with Crippen molar-refractivity contribution in [1.82, 2.24) is 9.97 Å². The molecule has 0 amide bonds. The number of aliphatic imine (C=N–C) groups is 1. The van der Waals surface area contributed by atoms with Crippen LogP contribution in [0.2, 0.25) is 0 Å². The van der Waals surface area contributed by atoms with Crippen LogP contribution in [0.1, 0.15) is 25.4 Å². The fraction of sp³-hybridized carbons (Fsp3) is 0.300. The SMILES string of the molecule is C#Cc1nc(N)c(N=CC)c(CC)n1. The minimum Gasteiger partial charge on any atom is -0.382 e. The molecule has 1 aromatic rings. The van der Waals surface area contributed by atoms with Crippen LogP contribution in [0, 0.1) is 12.3 Å². The molecule has 1 aromatic heterocycles. The first-order valence-electron chi connectivity index (χ1n) is 4.34. The summed E-state index contributed by atoms with van der Waals surface area (Å²) in [6.07, 6.45) is 7.58. The van der Waals surface area contributed by atoms with E-state index in [1.807, 2.05) is 13.8 Å². The molecule has 0 saturated heterocycles. The Morgan fingerprint density at radius 2 is 2.29 bits per heavy atom. The first-order valence-corrected chi connectivity index (χ1v) is 4.34. The Morgan fingerprint density at radius 1 is 1.57 bits per heavy atom. The van der Waals surface area contributed by atoms with Crippen LogP contribution in [-0.2, 0) is 6.42 Å². The van der Waals surface area contributed by atoms with Gasteiger partial charge in [-0.15, -0.1) is 6.42 Å². The summed E-state index contributed by atoms with van der Waals surface area (Å²) in [5.74, 6) is 3.01. The van der Waals surface area contributed by atoms with Gasteiger partial charge in [0.05, 0.1) is 5.69 Å². The van der Waals surface area contributed by atoms with Gasteiger partial charge in [0.2, 0.25) is 5.82 Å². The monoisotopic (exact) mass is 188 g/mol. The van der Waals surface area contributed by atoms with Crippen molar-refractivity contribution < 1.29 is 0 Å². The van der Waals surface area contributed by atoms with E-state index in [1.54, 1.807) is 6.21 Å². The Labute approximate surface area is 83.3 Å². The van der Waals surface area contributed by atoms with Gasteiger partial charge in [0.15, 0.2) is 5.82 Å². The van der Waals surface area contributed by atoms with Gasteiger partial charge in [-0.1, -0.05) is 6.92 Å². The Bertz CT molecular complexity index is 401. The first-order chi connectivity index (χ1) is 6.72. The van der Waals surface area contributed by atoms with Crippen LogP contribution in [0.15, 0.2) is 4.99 Å². The van der Waals surface area contributed by atoms with Crippen molar-refractivity contribution in [3.8, 4) is 12.3 Å². The summed E-state index contributed by atoms with van der Waals surface area (Å²) in [6, 6.07) is 0. The molecule has 14 heavy (non-hydrogen) atoms. The second-order valence-corrected chi connectivity index (χ2v) is 2.61. The number of anilines is 1. The number of aryl methyl sites for hydroxylation is 1. The van der Waals surface area contributed by atoms with Gasteiger partial charge in [0.1, 0.15) is 5.69 Å². The molecule has 0 aromatic carbocycles. The van der Waals surface area contributed by atoms with Gasteiger partial charge in [0.25, 0.3) is 0 Å². The van der Waals surface area contributed by atoms with Crippen molar-refractivity contribution in [3.63, 3.8) is 0 Å². The molecule has 4 nitrogen and oxygen atoms in total. The van der Waals surface area contributed by atoms with E-state index in [9.17, 15) is 0 Å². The zero-order valence-corrected chi connectivity index (χ0v) is 8.28. The molecule has 0 bridgehead atoms. The quantitative estimate of drug-likeness (QED) is 0.562. The minimum atomic E-state index is 0.314. The molecule has 1 rings (SSSR count). The van der Waals surface area contributed by atoms with E-state index in [2.05, 4.69) is 20.9 Å². The van der Waals surface area contributed by atoms with E-state index < -0.39 is 0 Å². The topological polar surface area (TPSA) is 64.2 Å². The van der Waals surface area contributed by atoms with Gasteiger partial charge >= 0.3 is 0 Å². The normalized spacial score (nSPS) is 10.4. The molecule has 0 unspecified atom stereocenters. The summed E-state index contributed by atoms with van der Waals surface area (Å²) < 4.78 is 0. The highest BCUT2D eigenvalue weighted by Gasteiger charge is 2.08. The van der Waals surface area contributed by atoms with Crippen LogP contribution in [0.3, 0.4) is 0 Å². The average molecular weight is 188 g/mol. The van der Waals surface area contributed by atoms with Gasteiger partial charge in [-0.25, -0.2) is 9.97 Å². The Morgan fingerprint density at radius 3 is 2.79 bits per heavy atom. The molecular formula is C10H12N4. The van der Waals surface area contributed by atoms with Crippen molar-refractivity contribution in [2.24, 2.45) is 4.99 Å². The van der Waals surface area contributed by atoms with E-state index in [0.29, 0.717) is 17.3 Å². The van der Waals surface area contributed by atoms with Crippen LogP contribution in [0.25, 0.3) is 0 Å². The van der Waals surface area contributed by atoms with Crippen molar-refractivity contribution in [2.45, 2.75) is 20.3 Å². The maximum atomic E-state index is 5.70. The van der Waals surface area contributed by atoms with Gasteiger partial charge in [-0.3, -0.25) is 4.99 Å². The van der Waals surface area contributed by atoms with Gasteiger partial charge in [0, 0.05) is 6.21 Å². The number of hydrogen-bond donors (Lipinski definition) is 1. The predicted octanol–water partition coefficient (Wildman–Crippen LogP) is 1.32. The number of hydrogen-bond acceptors (Lipinski definition) is 4. The fourth-order valence-electron chi connectivity index (χ4n) is 1.10. The largest absolute Gasteiger partial charge is 0.382 e. The van der Waals surface area contributed by atoms with E-state index in [1.165, 1.54) is 0 Å². The van der Waals surface area contributed by atoms with Crippen LogP contribution in [0.5, 0.6) is 0 Å². The van der Waals surface area contributed by atoms with Crippen molar-refractivity contribution in [2.75, 3.05) is 5.73 Å². The summed E-state index contributed by atoms with van der Waals surface area (Å²) in [5, 5.41) is 0. The standard InChI is InChI=1S/C10H12N4/c1-4-7-9(12-6-3)10(11)14-8(5-2)13-7/h2,6H,4H2,1,3H3,(H2,11,13,14). The third-order valence-electron chi connectivity index (χ3n) is 1.71. The molecule has 0 spiro atoms. The molecule has 0 fully saturated rings. The summed E-state index contributed by atoms with van der Waals surface area (Å²) >= 11 is 0. The van der Waals surface area contributed by atoms with Gasteiger partial charge in [-0.2, -0.15) is 0 Å². The molecule has 0 saturated carbocycles. The molecule has 0 aliphatic heterocycles. The Hall–Kier alpha value is -1.89. The smallest absolute Gasteiger partial charge is 0.206 e. The van der Waals surface area contributed by atoms with Crippen molar-refractivity contribution in [1.29, 1.82) is 0 Å². The number of aromatic nitrogens is 2. The number of nitrogens with two attached hydrogens (primary N) is 1. The Balaban J connectivity index is 3.36. The Kier molecular flexibility index (Phi) is 3.19. The lowest BCUT2D eigenvalue weighted by Crippen LogP contribution is -2.01. The first kappa shape index (κ1) is 10.2. The van der Waals surface area contributed by atoms with Crippen molar-refractivity contribution in [3.05, 3.63) is 11.5 Å². The summed E-state index contributed by atoms with van der Waals surface area (Å²) in [5.41, 5.74) is 7.10. The second-order valence-electron chi connectivity index (χ2n) is 2.61. The van der Waals surface area contributed by atoms with Crippen LogP contribution >= 0.6 is 0 Å². The number of nitrogens with zero attached hydrogens (tertiary/aromatic N) is 3. The molecule has 0 atom stereocenters. The highest BCUT2D eigenvalue weighted by atomic mass is 15.0. The fourth-order valence-corrected chi connectivity index (χ4v) is 1.10. The zero-order chi connectivity index (χ0) is 10.6. The molecule has 72 valence electrons. The van der Waals surface area contributed by atoms with Crippen LogP contribution in [-0.4, -0.2) is 16.2 Å². The third-order valence-corrected chi connectivity index (χ3v) is 1.71. The lowest BCUT2D eigenvalue weighted by atomic mass is 10.2. The lowest BCUT2D eigenvalue weighted by Gasteiger charge is -2.04. The minimum absolute atomic E-state index is 0.314. The van der Waals surface area contributed by atoms with E-state index in [0.717, 1.165) is 12.1 Å². The van der Waals surface area contributed by atoms with Gasteiger partial charge < -0.3 is 5.73 Å². The maximum absolute atomic E-state index is 5.70. The van der Waals surface area contributed by atoms with E-state index in [4.69, 9.17) is 12.2 Å². The number of terminal acetylenes is 1. The highest BCUT2D eigenvalue weighted by molar-refractivity contribution is 5.69. The molecule has 1 heterocycles. The number of nitrogen functional groups attached to an aromatic ring is 1. The number of rotatable bonds is 2. The van der Waals surface area contributed by atoms with E-state index in [-0.39, 0.29) is 0 Å². The highest BCUT2D eigenvalue weighted by Crippen LogP contribution is 2.23. The molecule has 4 heteroatoms. The second kappa shape index (κ2) is 4.38. The molecular weight excluding hydrogens is 176 g/mol. The maximum Gasteiger partial charge on any atom is 0.206 e. The molecule has 0 aliphatic carbocycles. The van der Waals surface area contributed by atoms with Crippen LogP contribution < -0.4 is 5.73 Å². The molecule has 2 N–H and O–H groups in total. The van der Waals surface area contributed by atoms with Crippen LogP contribution in [0.4, 0.5) is 11.5 Å². The zero-order valence-electron chi connectivity index (χ0n) is 8.28. The predicted molar refractivity (Wildman–Crippen MR) is 57.6 cm³/mol. The third kappa shape index (κ3) is 1.88. The molecule has 0 aliphatic rings. The average Bonchev–Trinajstić information content (AvgIpc) is 2.20. The molecule has 0 radical (unpaired) electrons. The summed E-state index contributed by atoms with van der Waals surface area (Å²) in [6.45, 7) is 3.78. The summed E-state index contributed by atoms with van der Waals surface area (Å²) in [4.78, 5) is 12.2. The summed E-state index contributed by atoms with van der Waals surface area (Å²) in [7, 11) is 0. The lowest BCUT2D eigenvalue weighted by molar-refractivity contribution is 0.985. The van der Waals surface area contributed by atoms with E-state index >= 15 is 0 Å². The van der Waals surface area contributed by atoms with Gasteiger partial charge in [-0.05, 0) is 19.3 Å². The van der Waals surface area contributed by atoms with Crippen molar-refractivity contribution >= 4 is 17.7 Å².